The molecule has 1 aromatic carbocycles. The summed E-state index contributed by atoms with van der Waals surface area (Å²) in [6, 6.07) is 7.97. The van der Waals surface area contributed by atoms with Gasteiger partial charge < -0.3 is 15.4 Å². The number of benzene rings is 1. The van der Waals surface area contributed by atoms with Gasteiger partial charge in [0.15, 0.2) is 5.11 Å². The number of thiocarbonyl (C=S) groups is 1. The van der Waals surface area contributed by atoms with Crippen molar-refractivity contribution in [3.05, 3.63) is 29.8 Å². The first-order valence-electron chi connectivity index (χ1n) is 6.66. The van der Waals surface area contributed by atoms with Gasteiger partial charge in [-0.3, -0.25) is 4.90 Å². The van der Waals surface area contributed by atoms with E-state index in [1.807, 2.05) is 24.3 Å². The molecule has 1 aliphatic heterocycles. The minimum Gasteiger partial charge on any atom is -0.442 e. The van der Waals surface area contributed by atoms with Crippen molar-refractivity contribution >= 4 is 29.1 Å². The number of anilines is 1. The minimum atomic E-state index is -0.309. The average molecular weight is 293 g/mol. The highest BCUT2D eigenvalue weighted by molar-refractivity contribution is 7.80. The molecule has 0 saturated carbocycles. The van der Waals surface area contributed by atoms with Crippen molar-refractivity contribution in [1.29, 1.82) is 0 Å². The van der Waals surface area contributed by atoms with Crippen molar-refractivity contribution < 1.29 is 9.53 Å². The Hall–Kier alpha value is -1.82. The molecule has 1 saturated heterocycles. The van der Waals surface area contributed by atoms with Gasteiger partial charge in [-0.05, 0) is 36.3 Å². The van der Waals surface area contributed by atoms with Crippen LogP contribution >= 0.6 is 12.2 Å². The number of ether oxygens (including phenoxy) is 1. The molecule has 0 radical (unpaired) electrons. The van der Waals surface area contributed by atoms with Crippen molar-refractivity contribution in [1.82, 2.24) is 10.6 Å². The van der Waals surface area contributed by atoms with Gasteiger partial charge in [0.2, 0.25) is 0 Å². The molecule has 1 aromatic rings. The zero-order valence-electron chi connectivity index (χ0n) is 11.7. The maximum atomic E-state index is 11.9. The van der Waals surface area contributed by atoms with Crippen molar-refractivity contribution in [2.24, 2.45) is 0 Å². The van der Waals surface area contributed by atoms with Crippen LogP contribution in [-0.4, -0.2) is 37.4 Å². The lowest BCUT2D eigenvalue weighted by Gasteiger charge is -2.14. The van der Waals surface area contributed by atoms with E-state index in [1.165, 1.54) is 5.56 Å². The van der Waals surface area contributed by atoms with E-state index >= 15 is 0 Å². The van der Waals surface area contributed by atoms with Gasteiger partial charge in [0, 0.05) is 12.7 Å². The van der Waals surface area contributed by atoms with E-state index in [1.54, 1.807) is 11.9 Å². The summed E-state index contributed by atoms with van der Waals surface area (Å²) in [7, 11) is 1.75. The highest BCUT2D eigenvalue weighted by Gasteiger charge is 2.32. The molecule has 1 heterocycles. The second-order valence-electron chi connectivity index (χ2n) is 4.60. The third kappa shape index (κ3) is 3.39. The van der Waals surface area contributed by atoms with E-state index in [2.05, 4.69) is 17.6 Å². The van der Waals surface area contributed by atoms with Crippen LogP contribution in [0.15, 0.2) is 24.3 Å². The standard InChI is InChI=1S/C14H19N3O2S/c1-3-10-4-6-11(7-5-10)17-9-12(19-14(17)18)8-16-13(20)15-2/h4-7,12H,3,8-9H2,1-2H3,(H2,15,16,20)/t12-/m0/s1. The molecule has 108 valence electrons. The normalized spacial score (nSPS) is 17.8. The molecule has 0 unspecified atom stereocenters. The number of hydrogen-bond donors (Lipinski definition) is 2. The highest BCUT2D eigenvalue weighted by Crippen LogP contribution is 2.22. The van der Waals surface area contributed by atoms with Crippen molar-refractivity contribution in [3.8, 4) is 0 Å². The largest absolute Gasteiger partial charge is 0.442 e. The number of nitrogens with zero attached hydrogens (tertiary/aromatic N) is 1. The van der Waals surface area contributed by atoms with Gasteiger partial charge in [-0.1, -0.05) is 19.1 Å². The Morgan fingerprint density at radius 1 is 1.45 bits per heavy atom. The maximum absolute atomic E-state index is 11.9. The Bertz CT molecular complexity index is 490. The van der Waals surface area contributed by atoms with Crippen LogP contribution in [-0.2, 0) is 11.2 Å². The zero-order valence-corrected chi connectivity index (χ0v) is 12.5. The molecular formula is C14H19N3O2S. The minimum absolute atomic E-state index is 0.195. The molecule has 2 N–H and O–H groups in total. The van der Waals surface area contributed by atoms with Crippen LogP contribution in [0.5, 0.6) is 0 Å². The Balaban J connectivity index is 1.96. The molecule has 6 heteroatoms. The molecule has 0 spiro atoms. The summed E-state index contributed by atoms with van der Waals surface area (Å²) in [5.41, 5.74) is 2.12. The number of hydrogen-bond acceptors (Lipinski definition) is 3. The molecule has 1 amide bonds. The van der Waals surface area contributed by atoms with Crippen molar-refractivity contribution in [2.75, 3.05) is 25.0 Å². The summed E-state index contributed by atoms with van der Waals surface area (Å²) in [5.74, 6) is 0. The monoisotopic (exact) mass is 293 g/mol. The van der Waals surface area contributed by atoms with E-state index in [4.69, 9.17) is 17.0 Å². The van der Waals surface area contributed by atoms with Gasteiger partial charge in [0.25, 0.3) is 0 Å². The fourth-order valence-corrected chi connectivity index (χ4v) is 2.13. The Kier molecular flexibility index (Phi) is 4.79. The van der Waals surface area contributed by atoms with Crippen LogP contribution < -0.4 is 15.5 Å². The lowest BCUT2D eigenvalue weighted by Crippen LogP contribution is -2.39. The van der Waals surface area contributed by atoms with E-state index in [0.717, 1.165) is 12.1 Å². The first-order valence-corrected chi connectivity index (χ1v) is 7.07. The van der Waals surface area contributed by atoms with E-state index < -0.39 is 0 Å². The van der Waals surface area contributed by atoms with Crippen molar-refractivity contribution in [2.45, 2.75) is 19.4 Å². The topological polar surface area (TPSA) is 53.6 Å². The van der Waals surface area contributed by atoms with Gasteiger partial charge in [-0.2, -0.15) is 0 Å². The number of carbonyl (C=O) groups excluding carboxylic acids is 1. The first-order chi connectivity index (χ1) is 9.63. The van der Waals surface area contributed by atoms with Gasteiger partial charge >= 0.3 is 6.09 Å². The summed E-state index contributed by atoms with van der Waals surface area (Å²) < 4.78 is 5.32. The first kappa shape index (κ1) is 14.6. The molecule has 1 aliphatic rings. The molecule has 1 fully saturated rings. The molecule has 0 aromatic heterocycles. The van der Waals surface area contributed by atoms with Gasteiger partial charge in [0.1, 0.15) is 6.10 Å². The smallest absolute Gasteiger partial charge is 0.414 e. The van der Waals surface area contributed by atoms with Gasteiger partial charge in [-0.15, -0.1) is 0 Å². The lowest BCUT2D eigenvalue weighted by molar-refractivity contribution is 0.143. The van der Waals surface area contributed by atoms with Crippen molar-refractivity contribution in [3.63, 3.8) is 0 Å². The summed E-state index contributed by atoms with van der Waals surface area (Å²) >= 11 is 4.99. The summed E-state index contributed by atoms with van der Waals surface area (Å²) in [6.07, 6.45) is 0.481. The summed E-state index contributed by atoms with van der Waals surface area (Å²) in [4.78, 5) is 13.5. The van der Waals surface area contributed by atoms with E-state index in [0.29, 0.717) is 18.2 Å². The number of nitrogens with one attached hydrogen (secondary N) is 2. The SMILES string of the molecule is CCc1ccc(N2C[C@H](CNC(=S)NC)OC2=O)cc1. The van der Waals surface area contributed by atoms with Gasteiger partial charge in [0.05, 0.1) is 13.1 Å². The lowest BCUT2D eigenvalue weighted by atomic mass is 10.1. The second-order valence-corrected chi connectivity index (χ2v) is 5.00. The fraction of sp³-hybridized carbons (Fsp3) is 0.429. The molecule has 0 aliphatic carbocycles. The van der Waals surface area contributed by atoms with Crippen LogP contribution in [0.3, 0.4) is 0 Å². The third-order valence-electron chi connectivity index (χ3n) is 3.25. The highest BCUT2D eigenvalue weighted by atomic mass is 32.1. The zero-order chi connectivity index (χ0) is 14.5. The average Bonchev–Trinajstić information content (AvgIpc) is 2.86. The predicted octanol–water partition coefficient (Wildman–Crippen LogP) is 1.67. The molecule has 2 rings (SSSR count). The number of rotatable bonds is 4. The number of cyclic esters (lactones) is 1. The Morgan fingerprint density at radius 2 is 2.15 bits per heavy atom. The number of carbonyl (C=O) groups is 1. The fourth-order valence-electron chi connectivity index (χ4n) is 2.05. The van der Waals surface area contributed by atoms with E-state index in [9.17, 15) is 4.79 Å². The Labute approximate surface area is 124 Å². The van der Waals surface area contributed by atoms with E-state index in [-0.39, 0.29) is 12.2 Å². The molecule has 0 bridgehead atoms. The third-order valence-corrected chi connectivity index (χ3v) is 3.60. The maximum Gasteiger partial charge on any atom is 0.414 e. The summed E-state index contributed by atoms with van der Waals surface area (Å²) in [6.45, 7) is 3.14. The predicted molar refractivity (Wildman–Crippen MR) is 83.1 cm³/mol. The molecule has 5 nitrogen and oxygen atoms in total. The molecule has 1 atom stereocenters. The number of aryl methyl sites for hydroxylation is 1. The van der Waals surface area contributed by atoms with Crippen LogP contribution in [0.25, 0.3) is 0 Å². The second kappa shape index (κ2) is 6.56. The quantitative estimate of drug-likeness (QED) is 0.827. The molecular weight excluding hydrogens is 274 g/mol. The summed E-state index contributed by atoms with van der Waals surface area (Å²) in [5, 5.41) is 6.37. The van der Waals surface area contributed by atoms with Crippen LogP contribution in [0.1, 0.15) is 12.5 Å². The number of amides is 1. The van der Waals surface area contributed by atoms with Crippen LogP contribution in [0.2, 0.25) is 0 Å². The van der Waals surface area contributed by atoms with Gasteiger partial charge in [-0.25, -0.2) is 4.79 Å². The van der Waals surface area contributed by atoms with Crippen LogP contribution in [0, 0.1) is 0 Å². The van der Waals surface area contributed by atoms with Crippen LogP contribution in [0.4, 0.5) is 10.5 Å². The Morgan fingerprint density at radius 3 is 2.75 bits per heavy atom. The molecule has 20 heavy (non-hydrogen) atoms.